The fourth-order valence-electron chi connectivity index (χ4n) is 2.48. The molecule has 1 aliphatic heterocycles. The summed E-state index contributed by atoms with van der Waals surface area (Å²) in [5.41, 5.74) is 6.65. The van der Waals surface area contributed by atoms with Crippen molar-refractivity contribution in [2.45, 2.75) is 18.9 Å². The van der Waals surface area contributed by atoms with Crippen LogP contribution in [0.25, 0.3) is 11.5 Å². The molecule has 2 heterocycles. The molecule has 0 amide bonds. The highest BCUT2D eigenvalue weighted by molar-refractivity contribution is 9.10. The largest absolute Gasteiger partial charge is 0.334 e. The van der Waals surface area contributed by atoms with Crippen LogP contribution in [0.5, 0.6) is 0 Å². The molecular formula is C14H16BrFN4O. The second kappa shape index (κ2) is 6.21. The molecule has 0 bridgehead atoms. The minimum Gasteiger partial charge on any atom is -0.334 e. The molecular weight excluding hydrogens is 339 g/mol. The number of aromatic nitrogens is 2. The molecule has 0 radical (unpaired) electrons. The molecule has 1 atom stereocenters. The Kier molecular flexibility index (Phi) is 4.32. The predicted octanol–water partition coefficient (Wildman–Crippen LogP) is 2.73. The molecule has 1 saturated heterocycles. The van der Waals surface area contributed by atoms with Crippen molar-refractivity contribution in [2.75, 3.05) is 19.6 Å². The van der Waals surface area contributed by atoms with Gasteiger partial charge in [0, 0.05) is 11.0 Å². The lowest BCUT2D eigenvalue weighted by Gasteiger charge is -2.17. The zero-order valence-electron chi connectivity index (χ0n) is 11.4. The highest BCUT2D eigenvalue weighted by Gasteiger charge is 2.21. The average Bonchev–Trinajstić information content (AvgIpc) is 3.12. The van der Waals surface area contributed by atoms with Gasteiger partial charge in [-0.3, -0.25) is 0 Å². The first-order chi connectivity index (χ1) is 10.1. The molecule has 1 aliphatic rings. The van der Waals surface area contributed by atoms with Crippen LogP contribution in [0.1, 0.15) is 24.7 Å². The predicted molar refractivity (Wildman–Crippen MR) is 80.0 cm³/mol. The molecule has 1 fully saturated rings. The standard InChI is InChI=1S/C14H16BrFN4O/c15-11-4-3-9(16)7-10(11)14-18-13(19-21-14)12(17)8-20-5-1-2-6-20/h3-4,7,12H,1-2,5-6,8,17H2. The van der Waals surface area contributed by atoms with Crippen LogP contribution < -0.4 is 5.73 Å². The molecule has 7 heteroatoms. The highest BCUT2D eigenvalue weighted by Crippen LogP contribution is 2.28. The Bertz CT molecular complexity index is 627. The summed E-state index contributed by atoms with van der Waals surface area (Å²) in [5.74, 6) is 0.371. The average molecular weight is 355 g/mol. The van der Waals surface area contributed by atoms with Gasteiger partial charge in [-0.25, -0.2) is 4.39 Å². The van der Waals surface area contributed by atoms with Gasteiger partial charge in [0.2, 0.25) is 0 Å². The zero-order valence-corrected chi connectivity index (χ0v) is 13.0. The highest BCUT2D eigenvalue weighted by atomic mass is 79.9. The van der Waals surface area contributed by atoms with E-state index in [1.54, 1.807) is 6.07 Å². The van der Waals surface area contributed by atoms with Gasteiger partial charge in [-0.05, 0) is 60.1 Å². The fraction of sp³-hybridized carbons (Fsp3) is 0.429. The van der Waals surface area contributed by atoms with Gasteiger partial charge in [0.05, 0.1) is 11.6 Å². The smallest absolute Gasteiger partial charge is 0.259 e. The zero-order chi connectivity index (χ0) is 14.8. The van der Waals surface area contributed by atoms with Crippen molar-refractivity contribution >= 4 is 15.9 Å². The van der Waals surface area contributed by atoms with E-state index in [-0.39, 0.29) is 17.7 Å². The molecule has 112 valence electrons. The quantitative estimate of drug-likeness (QED) is 0.914. The van der Waals surface area contributed by atoms with Crippen LogP contribution in [-0.4, -0.2) is 34.7 Å². The molecule has 1 aromatic carbocycles. The Labute approximate surface area is 130 Å². The Morgan fingerprint density at radius 1 is 1.38 bits per heavy atom. The summed E-state index contributed by atoms with van der Waals surface area (Å²) in [7, 11) is 0. The molecule has 0 saturated carbocycles. The van der Waals surface area contributed by atoms with Gasteiger partial charge in [0.1, 0.15) is 5.82 Å². The van der Waals surface area contributed by atoms with E-state index in [1.165, 1.54) is 25.0 Å². The first kappa shape index (κ1) is 14.6. The van der Waals surface area contributed by atoms with Gasteiger partial charge in [-0.15, -0.1) is 0 Å². The number of hydrogen-bond acceptors (Lipinski definition) is 5. The number of nitrogens with zero attached hydrogens (tertiary/aromatic N) is 3. The van der Waals surface area contributed by atoms with Crippen molar-refractivity contribution in [3.05, 3.63) is 34.3 Å². The van der Waals surface area contributed by atoms with E-state index < -0.39 is 0 Å². The molecule has 3 rings (SSSR count). The van der Waals surface area contributed by atoms with Gasteiger partial charge in [0.25, 0.3) is 5.89 Å². The second-order valence-electron chi connectivity index (χ2n) is 5.20. The maximum absolute atomic E-state index is 13.3. The van der Waals surface area contributed by atoms with E-state index in [1.807, 2.05) is 0 Å². The third-order valence-electron chi connectivity index (χ3n) is 3.59. The number of likely N-dealkylation sites (tertiary alicyclic amines) is 1. The number of rotatable bonds is 4. The van der Waals surface area contributed by atoms with Gasteiger partial charge in [-0.2, -0.15) is 4.98 Å². The van der Waals surface area contributed by atoms with Crippen molar-refractivity contribution in [1.29, 1.82) is 0 Å². The van der Waals surface area contributed by atoms with Crippen molar-refractivity contribution < 1.29 is 8.91 Å². The third-order valence-corrected chi connectivity index (χ3v) is 4.28. The molecule has 5 nitrogen and oxygen atoms in total. The maximum Gasteiger partial charge on any atom is 0.259 e. The molecule has 0 spiro atoms. The van der Waals surface area contributed by atoms with E-state index in [0.717, 1.165) is 13.1 Å². The molecule has 1 unspecified atom stereocenters. The van der Waals surface area contributed by atoms with Crippen LogP contribution in [0, 0.1) is 5.82 Å². The fourth-order valence-corrected chi connectivity index (χ4v) is 2.90. The summed E-state index contributed by atoms with van der Waals surface area (Å²) in [4.78, 5) is 6.59. The number of hydrogen-bond donors (Lipinski definition) is 1. The lowest BCUT2D eigenvalue weighted by molar-refractivity contribution is 0.306. The first-order valence-electron chi connectivity index (χ1n) is 6.90. The van der Waals surface area contributed by atoms with E-state index in [4.69, 9.17) is 10.3 Å². The van der Waals surface area contributed by atoms with E-state index in [0.29, 0.717) is 22.4 Å². The van der Waals surface area contributed by atoms with Crippen LogP contribution in [0.2, 0.25) is 0 Å². The van der Waals surface area contributed by atoms with Crippen molar-refractivity contribution in [2.24, 2.45) is 5.73 Å². The molecule has 0 aliphatic carbocycles. The van der Waals surface area contributed by atoms with Crippen LogP contribution in [0.15, 0.2) is 27.2 Å². The summed E-state index contributed by atoms with van der Waals surface area (Å²) in [6, 6.07) is 4.03. The number of halogens is 2. The number of benzene rings is 1. The van der Waals surface area contributed by atoms with Crippen molar-refractivity contribution in [3.8, 4) is 11.5 Å². The van der Waals surface area contributed by atoms with Crippen LogP contribution >= 0.6 is 15.9 Å². The SMILES string of the molecule is NC(CN1CCCC1)c1noc(-c2cc(F)ccc2Br)n1. The lowest BCUT2D eigenvalue weighted by atomic mass is 10.2. The van der Waals surface area contributed by atoms with E-state index >= 15 is 0 Å². The Balaban J connectivity index is 1.77. The monoisotopic (exact) mass is 354 g/mol. The molecule has 2 aromatic rings. The minimum absolute atomic E-state index is 0.272. The Hall–Kier alpha value is -1.31. The summed E-state index contributed by atoms with van der Waals surface area (Å²) >= 11 is 3.35. The van der Waals surface area contributed by atoms with E-state index in [9.17, 15) is 4.39 Å². The topological polar surface area (TPSA) is 68.2 Å². The summed E-state index contributed by atoms with van der Waals surface area (Å²) in [6.07, 6.45) is 2.42. The lowest BCUT2D eigenvalue weighted by Crippen LogP contribution is -2.30. The van der Waals surface area contributed by atoms with E-state index in [2.05, 4.69) is 31.0 Å². The van der Waals surface area contributed by atoms with Crippen molar-refractivity contribution in [3.63, 3.8) is 0 Å². The second-order valence-corrected chi connectivity index (χ2v) is 6.05. The molecule has 2 N–H and O–H groups in total. The maximum atomic E-state index is 13.3. The van der Waals surface area contributed by atoms with Crippen LogP contribution in [0.4, 0.5) is 4.39 Å². The summed E-state index contributed by atoms with van der Waals surface area (Å²) < 4.78 is 19.2. The summed E-state index contributed by atoms with van der Waals surface area (Å²) in [6.45, 7) is 2.84. The Morgan fingerprint density at radius 2 is 2.14 bits per heavy atom. The summed E-state index contributed by atoms with van der Waals surface area (Å²) in [5, 5.41) is 3.92. The molecule has 21 heavy (non-hydrogen) atoms. The molecule has 1 aromatic heterocycles. The normalized spacial score (nSPS) is 17.3. The van der Waals surface area contributed by atoms with Crippen LogP contribution in [-0.2, 0) is 0 Å². The van der Waals surface area contributed by atoms with Crippen molar-refractivity contribution in [1.82, 2.24) is 15.0 Å². The minimum atomic E-state index is -0.352. The Morgan fingerprint density at radius 3 is 2.90 bits per heavy atom. The number of nitrogens with two attached hydrogens (primary N) is 1. The van der Waals surface area contributed by atoms with Gasteiger partial charge < -0.3 is 15.2 Å². The van der Waals surface area contributed by atoms with Gasteiger partial charge in [0.15, 0.2) is 5.82 Å². The third kappa shape index (κ3) is 3.30. The van der Waals surface area contributed by atoms with Crippen LogP contribution in [0.3, 0.4) is 0 Å². The van der Waals surface area contributed by atoms with Gasteiger partial charge in [-0.1, -0.05) is 5.16 Å². The first-order valence-corrected chi connectivity index (χ1v) is 7.70. The van der Waals surface area contributed by atoms with Gasteiger partial charge >= 0.3 is 0 Å².